The lowest BCUT2D eigenvalue weighted by atomic mass is 9.96. The van der Waals surface area contributed by atoms with Crippen molar-refractivity contribution in [1.29, 1.82) is 0 Å². The first-order chi connectivity index (χ1) is 9.64. The Labute approximate surface area is 117 Å². The lowest BCUT2D eigenvalue weighted by Crippen LogP contribution is -2.50. The van der Waals surface area contributed by atoms with E-state index in [1.165, 1.54) is 0 Å². The van der Waals surface area contributed by atoms with Crippen LogP contribution < -0.4 is 5.32 Å². The second kappa shape index (κ2) is 4.87. The van der Waals surface area contributed by atoms with Gasteiger partial charge in [-0.25, -0.2) is 0 Å². The summed E-state index contributed by atoms with van der Waals surface area (Å²) in [5.41, 5.74) is 0.0250. The highest BCUT2D eigenvalue weighted by atomic mass is 16.3. The Bertz CT molecular complexity index is 646. The molecule has 2 N–H and O–H groups in total. The zero-order valence-electron chi connectivity index (χ0n) is 11.5. The molecule has 1 heterocycles. The van der Waals surface area contributed by atoms with Gasteiger partial charge in [-0.1, -0.05) is 24.3 Å². The molecular formula is C16H18N2O2. The van der Waals surface area contributed by atoms with Gasteiger partial charge in [-0.3, -0.25) is 9.78 Å². The van der Waals surface area contributed by atoms with Crippen molar-refractivity contribution >= 4 is 16.7 Å². The van der Waals surface area contributed by atoms with Crippen molar-refractivity contribution in [2.24, 2.45) is 5.92 Å². The van der Waals surface area contributed by atoms with Crippen molar-refractivity contribution in [2.75, 3.05) is 6.61 Å². The average Bonchev–Trinajstić information content (AvgIpc) is 3.31. The third-order valence-corrected chi connectivity index (χ3v) is 4.12. The van der Waals surface area contributed by atoms with E-state index in [2.05, 4.69) is 10.3 Å². The number of amides is 1. The van der Waals surface area contributed by atoms with Crippen LogP contribution in [0, 0.1) is 5.92 Å². The first-order valence-corrected chi connectivity index (χ1v) is 6.90. The van der Waals surface area contributed by atoms with Gasteiger partial charge >= 0.3 is 0 Å². The number of aliphatic hydroxyl groups excluding tert-OH is 1. The molecule has 1 unspecified atom stereocenters. The lowest BCUT2D eigenvalue weighted by molar-refractivity contribution is 0.0826. The monoisotopic (exact) mass is 270 g/mol. The van der Waals surface area contributed by atoms with Gasteiger partial charge < -0.3 is 10.4 Å². The number of fused-ring (bicyclic) bond motifs is 1. The molecule has 1 saturated carbocycles. The molecule has 4 nitrogen and oxygen atoms in total. The second-order valence-corrected chi connectivity index (χ2v) is 5.71. The van der Waals surface area contributed by atoms with Crippen molar-refractivity contribution in [3.63, 3.8) is 0 Å². The summed E-state index contributed by atoms with van der Waals surface area (Å²) >= 11 is 0. The fourth-order valence-electron chi connectivity index (χ4n) is 2.62. The molecule has 2 aromatic rings. The third kappa shape index (κ3) is 2.27. The largest absolute Gasteiger partial charge is 0.394 e. The van der Waals surface area contributed by atoms with Gasteiger partial charge in [0.15, 0.2) is 0 Å². The van der Waals surface area contributed by atoms with Crippen LogP contribution in [0.2, 0.25) is 0 Å². The summed E-state index contributed by atoms with van der Waals surface area (Å²) in [6.45, 7) is 1.86. The molecule has 20 heavy (non-hydrogen) atoms. The van der Waals surface area contributed by atoms with Crippen LogP contribution >= 0.6 is 0 Å². The minimum Gasteiger partial charge on any atom is -0.394 e. The van der Waals surface area contributed by atoms with E-state index in [-0.39, 0.29) is 12.5 Å². The Morgan fingerprint density at radius 2 is 2.15 bits per heavy atom. The van der Waals surface area contributed by atoms with Crippen molar-refractivity contribution in [2.45, 2.75) is 25.3 Å². The van der Waals surface area contributed by atoms with Gasteiger partial charge in [0.25, 0.3) is 5.91 Å². The number of rotatable bonds is 4. The quantitative estimate of drug-likeness (QED) is 0.894. The molecule has 1 aliphatic rings. The van der Waals surface area contributed by atoms with Crippen LogP contribution in [-0.2, 0) is 0 Å². The Balaban J connectivity index is 1.93. The summed E-state index contributed by atoms with van der Waals surface area (Å²) < 4.78 is 0. The van der Waals surface area contributed by atoms with Crippen LogP contribution in [0.4, 0.5) is 0 Å². The number of carbonyl (C=O) groups is 1. The Kier molecular flexibility index (Phi) is 3.18. The molecule has 104 valence electrons. The van der Waals surface area contributed by atoms with Gasteiger partial charge in [0.1, 0.15) is 0 Å². The van der Waals surface area contributed by atoms with Gasteiger partial charge in [0.05, 0.1) is 17.7 Å². The number of aliphatic hydroxyl groups is 1. The summed E-state index contributed by atoms with van der Waals surface area (Å²) in [5.74, 6) is 0.206. The number of carbonyl (C=O) groups excluding carboxylic acids is 1. The zero-order chi connectivity index (χ0) is 14.2. The highest BCUT2D eigenvalue weighted by Gasteiger charge is 2.42. The van der Waals surface area contributed by atoms with Crippen LogP contribution in [0.1, 0.15) is 30.1 Å². The van der Waals surface area contributed by atoms with Gasteiger partial charge in [0.2, 0.25) is 0 Å². The van der Waals surface area contributed by atoms with Crippen molar-refractivity contribution in [1.82, 2.24) is 10.3 Å². The number of nitrogens with zero attached hydrogens (tertiary/aromatic N) is 1. The Hall–Kier alpha value is -1.94. The van der Waals surface area contributed by atoms with E-state index in [9.17, 15) is 9.90 Å². The topological polar surface area (TPSA) is 62.2 Å². The summed E-state index contributed by atoms with van der Waals surface area (Å²) in [6, 6.07) is 7.68. The van der Waals surface area contributed by atoms with E-state index in [1.54, 1.807) is 12.4 Å². The van der Waals surface area contributed by atoms with Crippen LogP contribution in [-0.4, -0.2) is 28.1 Å². The molecule has 1 aromatic heterocycles. The van der Waals surface area contributed by atoms with Crippen LogP contribution in [0.15, 0.2) is 36.7 Å². The predicted molar refractivity (Wildman–Crippen MR) is 77.4 cm³/mol. The first kappa shape index (κ1) is 13.1. The molecule has 3 rings (SSSR count). The smallest absolute Gasteiger partial charge is 0.253 e. The molecule has 1 atom stereocenters. The van der Waals surface area contributed by atoms with E-state index < -0.39 is 5.54 Å². The molecular weight excluding hydrogens is 252 g/mol. The lowest BCUT2D eigenvalue weighted by Gasteiger charge is -2.28. The summed E-state index contributed by atoms with van der Waals surface area (Å²) in [7, 11) is 0. The fraction of sp³-hybridized carbons (Fsp3) is 0.375. The molecule has 1 aliphatic carbocycles. The molecule has 1 fully saturated rings. The van der Waals surface area contributed by atoms with Crippen molar-refractivity contribution < 1.29 is 9.90 Å². The van der Waals surface area contributed by atoms with Crippen LogP contribution in [0.3, 0.4) is 0 Å². The molecule has 1 amide bonds. The van der Waals surface area contributed by atoms with Crippen LogP contribution in [0.25, 0.3) is 10.8 Å². The number of aromatic nitrogens is 1. The average molecular weight is 270 g/mol. The van der Waals surface area contributed by atoms with Gasteiger partial charge in [0, 0.05) is 17.8 Å². The normalized spacial score (nSPS) is 17.7. The van der Waals surface area contributed by atoms with E-state index in [0.717, 1.165) is 23.6 Å². The minimum atomic E-state index is -0.534. The second-order valence-electron chi connectivity index (χ2n) is 5.71. The molecule has 0 aliphatic heterocycles. The van der Waals surface area contributed by atoms with E-state index in [1.807, 2.05) is 31.2 Å². The molecule has 0 saturated heterocycles. The molecule has 4 heteroatoms. The molecule has 1 aromatic carbocycles. The van der Waals surface area contributed by atoms with E-state index in [0.29, 0.717) is 11.5 Å². The van der Waals surface area contributed by atoms with Crippen LogP contribution in [0.5, 0.6) is 0 Å². The van der Waals surface area contributed by atoms with Crippen molar-refractivity contribution in [3.8, 4) is 0 Å². The number of nitrogens with one attached hydrogen (secondary N) is 1. The third-order valence-electron chi connectivity index (χ3n) is 4.12. The zero-order valence-corrected chi connectivity index (χ0v) is 11.5. The maximum absolute atomic E-state index is 12.5. The standard InChI is InChI=1S/C16H18N2O2/c1-16(10-19,12-6-7-12)18-15(20)14-9-17-8-11-4-2-3-5-13(11)14/h2-5,8-9,12,19H,6-7,10H2,1H3,(H,18,20). The fourth-order valence-corrected chi connectivity index (χ4v) is 2.62. The maximum Gasteiger partial charge on any atom is 0.253 e. The molecule has 0 spiro atoms. The number of hydrogen-bond acceptors (Lipinski definition) is 3. The highest BCUT2D eigenvalue weighted by Crippen LogP contribution is 2.39. The minimum absolute atomic E-state index is 0.0401. The summed E-state index contributed by atoms with van der Waals surface area (Å²) in [5, 5.41) is 14.4. The molecule has 0 radical (unpaired) electrons. The predicted octanol–water partition coefficient (Wildman–Crippen LogP) is 2.13. The van der Waals surface area contributed by atoms with Gasteiger partial charge in [-0.05, 0) is 31.1 Å². The SMILES string of the molecule is CC(CO)(NC(=O)c1cncc2ccccc12)C1CC1. The highest BCUT2D eigenvalue weighted by molar-refractivity contribution is 6.06. The van der Waals surface area contributed by atoms with E-state index in [4.69, 9.17) is 0 Å². The number of pyridine rings is 1. The summed E-state index contributed by atoms with van der Waals surface area (Å²) in [4.78, 5) is 16.6. The Morgan fingerprint density at radius 3 is 2.85 bits per heavy atom. The van der Waals surface area contributed by atoms with Gasteiger partial charge in [-0.2, -0.15) is 0 Å². The number of hydrogen-bond donors (Lipinski definition) is 2. The van der Waals surface area contributed by atoms with E-state index >= 15 is 0 Å². The summed E-state index contributed by atoms with van der Waals surface area (Å²) in [6.07, 6.45) is 5.46. The maximum atomic E-state index is 12.5. The van der Waals surface area contributed by atoms with Gasteiger partial charge in [-0.15, -0.1) is 0 Å². The first-order valence-electron chi connectivity index (χ1n) is 6.90. The Morgan fingerprint density at radius 1 is 1.40 bits per heavy atom. The number of benzene rings is 1. The van der Waals surface area contributed by atoms with Crippen molar-refractivity contribution in [3.05, 3.63) is 42.2 Å². The molecule has 0 bridgehead atoms.